The van der Waals surface area contributed by atoms with Crippen molar-refractivity contribution in [3.63, 3.8) is 0 Å². The molecule has 0 saturated carbocycles. The number of allylic oxidation sites excluding steroid dienone is 2. The Balaban J connectivity index is 3.28. The lowest BCUT2D eigenvalue weighted by Crippen LogP contribution is -2.18. The second kappa shape index (κ2) is 3.68. The smallest absolute Gasteiger partial charge is 0.0907 e. The zero-order valence-electron chi connectivity index (χ0n) is 7.72. The molecule has 0 saturated heterocycles. The first-order chi connectivity index (χ1) is 5.63. The van der Waals surface area contributed by atoms with Crippen molar-refractivity contribution in [2.24, 2.45) is 0 Å². The van der Waals surface area contributed by atoms with Gasteiger partial charge in [0.25, 0.3) is 0 Å². The van der Waals surface area contributed by atoms with Crippen LogP contribution in [0.4, 0.5) is 0 Å². The Morgan fingerprint density at radius 2 is 2.25 bits per heavy atom. The number of aryl methyl sites for hydroxylation is 1. The van der Waals surface area contributed by atoms with Gasteiger partial charge in [0.2, 0.25) is 0 Å². The molecule has 0 unspecified atom stereocenters. The highest BCUT2D eigenvalue weighted by Crippen LogP contribution is 1.95. The highest BCUT2D eigenvalue weighted by molar-refractivity contribution is 7.09. The Morgan fingerprint density at radius 1 is 1.58 bits per heavy atom. The molecule has 1 heterocycles. The summed E-state index contributed by atoms with van der Waals surface area (Å²) in [7, 11) is 0. The summed E-state index contributed by atoms with van der Waals surface area (Å²) in [6, 6.07) is 0. The van der Waals surface area contributed by atoms with Gasteiger partial charge in [0.15, 0.2) is 0 Å². The summed E-state index contributed by atoms with van der Waals surface area (Å²) in [5.74, 6) is 0. The lowest BCUT2D eigenvalue weighted by Gasteiger charge is -1.83. The van der Waals surface area contributed by atoms with E-state index in [-0.39, 0.29) is 0 Å². The Labute approximate surface area is 76.8 Å². The number of thiazole rings is 1. The monoisotopic (exact) mass is 179 g/mol. The molecule has 0 aromatic carbocycles. The maximum atomic E-state index is 4.25. The first-order valence-electron chi connectivity index (χ1n) is 3.90. The van der Waals surface area contributed by atoms with E-state index in [4.69, 9.17) is 0 Å². The normalized spacial score (nSPS) is 13.9. The average molecular weight is 179 g/mol. The molecular weight excluding hydrogens is 166 g/mol. The largest absolute Gasteiger partial charge is 0.242 e. The Kier molecular flexibility index (Phi) is 2.82. The molecule has 0 bridgehead atoms. The Bertz CT molecular complexity index is 398. The van der Waals surface area contributed by atoms with Gasteiger partial charge in [0.05, 0.1) is 14.9 Å². The lowest BCUT2D eigenvalue weighted by molar-refractivity contribution is 1.24. The standard InChI is InChI=1S/C10H13NS/c1-5-7(2)6-10-8(3)11-9(4)12-10/h5-6H,3H2,1-2,4H3/b7-5+,10-6+. The van der Waals surface area contributed by atoms with Gasteiger partial charge < -0.3 is 0 Å². The van der Waals surface area contributed by atoms with E-state index >= 15 is 0 Å². The van der Waals surface area contributed by atoms with E-state index < -0.39 is 0 Å². The van der Waals surface area contributed by atoms with Crippen molar-refractivity contribution in [2.75, 3.05) is 0 Å². The fraction of sp³-hybridized carbons (Fsp3) is 0.300. The first-order valence-corrected chi connectivity index (χ1v) is 4.72. The molecule has 0 spiro atoms. The molecule has 64 valence electrons. The molecule has 0 aliphatic carbocycles. The van der Waals surface area contributed by atoms with Gasteiger partial charge in [0, 0.05) is 0 Å². The topological polar surface area (TPSA) is 12.9 Å². The van der Waals surface area contributed by atoms with E-state index in [0.29, 0.717) is 0 Å². The molecule has 0 N–H and O–H groups in total. The summed E-state index contributed by atoms with van der Waals surface area (Å²) >= 11 is 1.69. The zero-order valence-corrected chi connectivity index (χ0v) is 8.53. The molecule has 2 heteroatoms. The van der Waals surface area contributed by atoms with Crippen LogP contribution in [0.25, 0.3) is 12.7 Å². The molecule has 0 amide bonds. The highest BCUT2D eigenvalue weighted by Gasteiger charge is 1.91. The third kappa shape index (κ3) is 2.05. The summed E-state index contributed by atoms with van der Waals surface area (Å²) in [6.07, 6.45) is 4.20. The molecule has 0 atom stereocenters. The maximum Gasteiger partial charge on any atom is 0.0907 e. The summed E-state index contributed by atoms with van der Waals surface area (Å²) in [6.45, 7) is 9.98. The zero-order chi connectivity index (χ0) is 9.14. The summed E-state index contributed by atoms with van der Waals surface area (Å²) in [5.41, 5.74) is 1.25. The van der Waals surface area contributed by atoms with Gasteiger partial charge in [-0.15, -0.1) is 11.3 Å². The van der Waals surface area contributed by atoms with Crippen molar-refractivity contribution >= 4 is 24.0 Å². The van der Waals surface area contributed by atoms with Crippen molar-refractivity contribution in [1.29, 1.82) is 0 Å². The van der Waals surface area contributed by atoms with E-state index in [1.807, 2.05) is 13.8 Å². The van der Waals surface area contributed by atoms with E-state index in [9.17, 15) is 0 Å². The van der Waals surface area contributed by atoms with Gasteiger partial charge in [-0.05, 0) is 26.8 Å². The van der Waals surface area contributed by atoms with Crippen LogP contribution in [0.3, 0.4) is 0 Å². The summed E-state index contributed by atoms with van der Waals surface area (Å²) in [5, 5.41) is 1.97. The second-order valence-electron chi connectivity index (χ2n) is 2.72. The number of rotatable bonds is 1. The van der Waals surface area contributed by atoms with Crippen LogP contribution in [0.2, 0.25) is 0 Å². The van der Waals surface area contributed by atoms with Crippen LogP contribution in [-0.2, 0) is 0 Å². The molecule has 1 rings (SSSR count). The van der Waals surface area contributed by atoms with Gasteiger partial charge in [-0.3, -0.25) is 0 Å². The van der Waals surface area contributed by atoms with Gasteiger partial charge in [-0.1, -0.05) is 18.2 Å². The van der Waals surface area contributed by atoms with Crippen LogP contribution in [-0.4, -0.2) is 4.98 Å². The van der Waals surface area contributed by atoms with Crippen LogP contribution in [0, 0.1) is 6.92 Å². The number of nitrogens with zero attached hydrogens (tertiary/aromatic N) is 1. The molecule has 0 aliphatic rings. The fourth-order valence-corrected chi connectivity index (χ4v) is 1.77. The highest BCUT2D eigenvalue weighted by atomic mass is 32.1. The third-order valence-corrected chi connectivity index (χ3v) is 2.61. The van der Waals surface area contributed by atoms with Crippen LogP contribution in [0.15, 0.2) is 11.6 Å². The van der Waals surface area contributed by atoms with Crippen molar-refractivity contribution in [1.82, 2.24) is 4.98 Å². The fourth-order valence-electron chi connectivity index (χ4n) is 0.889. The molecule has 0 aliphatic heterocycles. The van der Waals surface area contributed by atoms with E-state index in [1.165, 1.54) is 10.1 Å². The number of hydrogen-bond donors (Lipinski definition) is 0. The summed E-state index contributed by atoms with van der Waals surface area (Å²) in [4.78, 5) is 4.25. The number of aromatic nitrogens is 1. The molecule has 1 aromatic heterocycles. The third-order valence-electron chi connectivity index (χ3n) is 1.65. The van der Waals surface area contributed by atoms with Gasteiger partial charge in [0.1, 0.15) is 0 Å². The Morgan fingerprint density at radius 3 is 2.67 bits per heavy atom. The first kappa shape index (κ1) is 9.20. The van der Waals surface area contributed by atoms with Crippen LogP contribution in [0.5, 0.6) is 0 Å². The predicted octanol–water partition coefficient (Wildman–Crippen LogP) is 1.61. The average Bonchev–Trinajstić information content (AvgIpc) is 2.30. The second-order valence-corrected chi connectivity index (χ2v) is 3.96. The lowest BCUT2D eigenvalue weighted by atomic mass is 10.3. The minimum atomic E-state index is 0.888. The SMILES string of the molecule is C=c1nc(C)s/c1=C/C(C)=C/C. The van der Waals surface area contributed by atoms with Crippen molar-refractivity contribution in [3.8, 4) is 0 Å². The molecule has 0 radical (unpaired) electrons. The minimum absolute atomic E-state index is 0.888. The number of hydrogen-bond acceptors (Lipinski definition) is 2. The van der Waals surface area contributed by atoms with Gasteiger partial charge >= 0.3 is 0 Å². The van der Waals surface area contributed by atoms with E-state index in [1.54, 1.807) is 11.3 Å². The maximum absolute atomic E-state index is 4.25. The quantitative estimate of drug-likeness (QED) is 0.638. The molecule has 1 aromatic rings. The van der Waals surface area contributed by atoms with E-state index in [2.05, 4.69) is 30.6 Å². The van der Waals surface area contributed by atoms with Gasteiger partial charge in [-0.2, -0.15) is 0 Å². The van der Waals surface area contributed by atoms with Crippen LogP contribution in [0.1, 0.15) is 18.9 Å². The molecule has 1 nitrogen and oxygen atoms in total. The van der Waals surface area contributed by atoms with Crippen LogP contribution < -0.4 is 9.88 Å². The Hall–Kier alpha value is -0.890. The summed E-state index contributed by atoms with van der Waals surface area (Å²) < 4.78 is 1.17. The van der Waals surface area contributed by atoms with Crippen LogP contribution >= 0.6 is 11.3 Å². The molecular formula is C10H13NS. The van der Waals surface area contributed by atoms with E-state index in [0.717, 1.165) is 10.4 Å². The van der Waals surface area contributed by atoms with Crippen molar-refractivity contribution < 1.29 is 0 Å². The molecule has 12 heavy (non-hydrogen) atoms. The predicted molar refractivity (Wildman–Crippen MR) is 55.5 cm³/mol. The van der Waals surface area contributed by atoms with Crippen molar-refractivity contribution in [3.05, 3.63) is 26.5 Å². The van der Waals surface area contributed by atoms with Crippen molar-refractivity contribution in [2.45, 2.75) is 20.8 Å². The molecule has 0 fully saturated rings. The van der Waals surface area contributed by atoms with Gasteiger partial charge in [-0.25, -0.2) is 4.98 Å². The minimum Gasteiger partial charge on any atom is -0.242 e.